The molecule has 1 aliphatic carbocycles. The molecule has 1 N–H and O–H groups in total. The van der Waals surface area contributed by atoms with Crippen molar-refractivity contribution in [1.82, 2.24) is 20.1 Å². The molecule has 7 nitrogen and oxygen atoms in total. The molecule has 3 aliphatic rings. The number of para-hydroxylation sites is 1. The summed E-state index contributed by atoms with van der Waals surface area (Å²) in [7, 11) is 0. The van der Waals surface area contributed by atoms with E-state index in [1.54, 1.807) is 16.2 Å². The lowest BCUT2D eigenvalue weighted by Crippen LogP contribution is -2.54. The van der Waals surface area contributed by atoms with Crippen LogP contribution in [0.15, 0.2) is 24.3 Å². The van der Waals surface area contributed by atoms with E-state index in [1.165, 1.54) is 4.70 Å². The summed E-state index contributed by atoms with van der Waals surface area (Å²) in [6, 6.07) is 7.73. The molecule has 1 spiro atoms. The molecule has 2 aromatic rings. The molecule has 0 radical (unpaired) electrons. The van der Waals surface area contributed by atoms with Gasteiger partial charge in [-0.05, 0) is 55.6 Å². The predicted molar refractivity (Wildman–Crippen MR) is 128 cm³/mol. The predicted octanol–water partition coefficient (Wildman–Crippen LogP) is 4.14. The molecule has 2 saturated heterocycles. The third-order valence-corrected chi connectivity index (χ3v) is 8.62. The van der Waals surface area contributed by atoms with Crippen molar-refractivity contribution >= 4 is 39.4 Å². The smallest absolute Gasteiger partial charge is 0.325 e. The number of benzene rings is 1. The van der Waals surface area contributed by atoms with Crippen LogP contribution in [0.3, 0.4) is 0 Å². The number of imide groups is 1. The molecular weight excluding hydrogens is 436 g/mol. The maximum atomic E-state index is 13.3. The number of piperidine rings is 1. The number of amides is 4. The first-order valence-electron chi connectivity index (χ1n) is 11.9. The molecule has 2 aliphatic heterocycles. The van der Waals surface area contributed by atoms with Crippen LogP contribution in [0.2, 0.25) is 0 Å². The second kappa shape index (κ2) is 8.08. The Morgan fingerprint density at radius 3 is 2.61 bits per heavy atom. The number of nitrogens with one attached hydrogen (secondary N) is 1. The quantitative estimate of drug-likeness (QED) is 0.687. The number of urea groups is 1. The minimum atomic E-state index is -0.863. The van der Waals surface area contributed by atoms with Crippen LogP contribution in [0, 0.1) is 11.3 Å². The molecule has 33 heavy (non-hydrogen) atoms. The summed E-state index contributed by atoms with van der Waals surface area (Å²) in [5.74, 6) is 0.304. The highest BCUT2D eigenvalue weighted by molar-refractivity contribution is 7.18. The molecule has 3 heterocycles. The molecule has 1 saturated carbocycles. The minimum Gasteiger partial charge on any atom is -0.341 e. The van der Waals surface area contributed by atoms with E-state index in [-0.39, 0.29) is 23.8 Å². The molecule has 5 rings (SSSR count). The molecule has 8 heteroatoms. The normalized spacial score (nSPS) is 28.0. The molecule has 1 aromatic heterocycles. The average molecular weight is 469 g/mol. The number of carbonyl (C=O) groups excluding carboxylic acids is 3. The van der Waals surface area contributed by atoms with Gasteiger partial charge < -0.3 is 10.2 Å². The number of thiazole rings is 1. The molecule has 1 aromatic carbocycles. The molecule has 3 fully saturated rings. The summed E-state index contributed by atoms with van der Waals surface area (Å²) < 4.78 is 1.19. The van der Waals surface area contributed by atoms with Crippen molar-refractivity contribution in [2.45, 2.75) is 64.3 Å². The van der Waals surface area contributed by atoms with Crippen LogP contribution in [0.4, 0.5) is 4.79 Å². The summed E-state index contributed by atoms with van der Waals surface area (Å²) in [5, 5.41) is 4.10. The lowest BCUT2D eigenvalue weighted by Gasteiger charge is -2.43. The van der Waals surface area contributed by atoms with E-state index >= 15 is 0 Å². The molecule has 176 valence electrons. The lowest BCUT2D eigenvalue weighted by molar-refractivity contribution is -0.141. The fraction of sp³-hybridized carbons (Fsp3) is 0.600. The van der Waals surface area contributed by atoms with Gasteiger partial charge in [-0.25, -0.2) is 9.78 Å². The fourth-order valence-electron chi connectivity index (χ4n) is 6.33. The van der Waals surface area contributed by atoms with Gasteiger partial charge in [-0.2, -0.15) is 0 Å². The Hall–Kier alpha value is -2.48. The maximum absolute atomic E-state index is 13.3. The summed E-state index contributed by atoms with van der Waals surface area (Å²) in [6.45, 7) is 7.50. The maximum Gasteiger partial charge on any atom is 0.325 e. The Kier molecular flexibility index (Phi) is 5.46. The van der Waals surface area contributed by atoms with Crippen molar-refractivity contribution in [3.63, 3.8) is 0 Å². The van der Waals surface area contributed by atoms with Gasteiger partial charge in [0.1, 0.15) is 12.1 Å². The second-order valence-corrected chi connectivity index (χ2v) is 12.0. The summed E-state index contributed by atoms with van der Waals surface area (Å²) in [6.07, 6.45) is 3.98. The Balaban J connectivity index is 1.21. The van der Waals surface area contributed by atoms with E-state index in [9.17, 15) is 14.4 Å². The van der Waals surface area contributed by atoms with E-state index in [2.05, 4.69) is 32.2 Å². The van der Waals surface area contributed by atoms with Crippen LogP contribution in [0.5, 0.6) is 0 Å². The summed E-state index contributed by atoms with van der Waals surface area (Å²) >= 11 is 1.73. The third-order valence-electron chi connectivity index (χ3n) is 7.42. The number of fused-ring (bicyclic) bond motifs is 1. The first-order chi connectivity index (χ1) is 15.7. The van der Waals surface area contributed by atoms with E-state index < -0.39 is 11.6 Å². The minimum absolute atomic E-state index is 0.0247. The van der Waals surface area contributed by atoms with Gasteiger partial charge in [-0.3, -0.25) is 14.5 Å². The number of aromatic nitrogens is 1. The van der Waals surface area contributed by atoms with E-state index in [1.807, 2.05) is 18.2 Å². The third kappa shape index (κ3) is 4.14. The van der Waals surface area contributed by atoms with E-state index in [0.29, 0.717) is 37.8 Å². The van der Waals surface area contributed by atoms with Crippen LogP contribution in [0.25, 0.3) is 10.2 Å². The summed E-state index contributed by atoms with van der Waals surface area (Å²) in [4.78, 5) is 46.8. The van der Waals surface area contributed by atoms with E-state index in [4.69, 9.17) is 4.98 Å². The average Bonchev–Trinajstić information content (AvgIpc) is 3.27. The number of carbonyl (C=O) groups is 3. The number of hydrogen-bond donors (Lipinski definition) is 1. The van der Waals surface area contributed by atoms with Gasteiger partial charge in [-0.1, -0.05) is 32.9 Å². The molecule has 2 atom stereocenters. The van der Waals surface area contributed by atoms with Gasteiger partial charge >= 0.3 is 6.03 Å². The lowest BCUT2D eigenvalue weighted by atomic mass is 9.64. The monoisotopic (exact) mass is 468 g/mol. The topological polar surface area (TPSA) is 82.6 Å². The zero-order valence-corrected chi connectivity index (χ0v) is 20.4. The van der Waals surface area contributed by atoms with Crippen LogP contribution in [0.1, 0.15) is 63.8 Å². The fourth-order valence-corrected chi connectivity index (χ4v) is 7.46. The van der Waals surface area contributed by atoms with Gasteiger partial charge in [0.25, 0.3) is 5.91 Å². The van der Waals surface area contributed by atoms with Crippen molar-refractivity contribution < 1.29 is 14.4 Å². The SMILES string of the molecule is CC1CC(C)(C)CC2(C1)NC(=O)N(CC(=O)N1CCC(c3nc4ccccc4s3)CC1)C2=O. The molecule has 0 bridgehead atoms. The Labute approximate surface area is 198 Å². The van der Waals surface area contributed by atoms with Crippen LogP contribution < -0.4 is 5.32 Å². The van der Waals surface area contributed by atoms with Crippen molar-refractivity contribution in [2.24, 2.45) is 11.3 Å². The van der Waals surface area contributed by atoms with Crippen molar-refractivity contribution in [3.8, 4) is 0 Å². The number of hydrogen-bond acceptors (Lipinski definition) is 5. The Bertz CT molecular complexity index is 1070. The van der Waals surface area contributed by atoms with Crippen LogP contribution >= 0.6 is 11.3 Å². The van der Waals surface area contributed by atoms with Gasteiger partial charge in [0.05, 0.1) is 15.2 Å². The van der Waals surface area contributed by atoms with Crippen molar-refractivity contribution in [2.75, 3.05) is 19.6 Å². The highest BCUT2D eigenvalue weighted by atomic mass is 32.1. The zero-order chi connectivity index (χ0) is 23.4. The summed E-state index contributed by atoms with van der Waals surface area (Å²) in [5.41, 5.74) is 0.144. The Morgan fingerprint density at radius 1 is 1.18 bits per heavy atom. The van der Waals surface area contributed by atoms with Gasteiger partial charge in [0.15, 0.2) is 0 Å². The number of nitrogens with zero attached hydrogens (tertiary/aromatic N) is 3. The van der Waals surface area contributed by atoms with Gasteiger partial charge in [-0.15, -0.1) is 11.3 Å². The standard InChI is InChI=1S/C25H32N4O3S/c1-16-12-24(2,3)15-25(13-16)22(31)29(23(32)27-25)14-20(30)28-10-8-17(9-11-28)21-26-18-6-4-5-7-19(18)33-21/h4-7,16-17H,8-15H2,1-3H3,(H,27,32). The van der Waals surface area contributed by atoms with Crippen molar-refractivity contribution in [1.29, 1.82) is 0 Å². The highest BCUT2D eigenvalue weighted by Crippen LogP contribution is 2.46. The van der Waals surface area contributed by atoms with Crippen molar-refractivity contribution in [3.05, 3.63) is 29.3 Å². The molecule has 2 unspecified atom stereocenters. The number of rotatable bonds is 3. The molecular formula is C25H32N4O3S. The highest BCUT2D eigenvalue weighted by Gasteiger charge is 2.56. The van der Waals surface area contributed by atoms with Gasteiger partial charge in [0.2, 0.25) is 5.91 Å². The first-order valence-corrected chi connectivity index (χ1v) is 12.7. The van der Waals surface area contributed by atoms with Gasteiger partial charge in [0, 0.05) is 19.0 Å². The van der Waals surface area contributed by atoms with E-state index in [0.717, 1.165) is 34.7 Å². The molecule has 4 amide bonds. The number of likely N-dealkylation sites (tertiary alicyclic amines) is 1. The zero-order valence-electron chi connectivity index (χ0n) is 19.6. The van der Waals surface area contributed by atoms with Crippen LogP contribution in [-0.2, 0) is 9.59 Å². The van der Waals surface area contributed by atoms with Crippen LogP contribution in [-0.4, -0.2) is 57.8 Å². The first kappa shape index (κ1) is 22.3. The Morgan fingerprint density at radius 2 is 1.91 bits per heavy atom. The largest absolute Gasteiger partial charge is 0.341 e. The second-order valence-electron chi connectivity index (χ2n) is 10.9.